The van der Waals surface area contributed by atoms with E-state index in [0.717, 1.165) is 51.7 Å². The number of rotatable bonds is 7. The molecule has 5 nitrogen and oxygen atoms in total. The number of nitrogens with one attached hydrogen (secondary N) is 1. The third-order valence-corrected chi connectivity index (χ3v) is 5.72. The molecule has 1 amide bonds. The summed E-state index contributed by atoms with van der Waals surface area (Å²) >= 11 is 0. The molecular formula is C20H30FN3O2. The molecule has 144 valence electrons. The van der Waals surface area contributed by atoms with Gasteiger partial charge in [-0.2, -0.15) is 0 Å². The second-order valence-corrected chi connectivity index (χ2v) is 7.46. The van der Waals surface area contributed by atoms with E-state index < -0.39 is 0 Å². The highest BCUT2D eigenvalue weighted by atomic mass is 19.1. The van der Waals surface area contributed by atoms with Crippen molar-refractivity contribution in [3.63, 3.8) is 0 Å². The molecule has 0 aromatic heterocycles. The van der Waals surface area contributed by atoms with E-state index in [-0.39, 0.29) is 23.7 Å². The van der Waals surface area contributed by atoms with Gasteiger partial charge in [0.2, 0.25) is 5.91 Å². The summed E-state index contributed by atoms with van der Waals surface area (Å²) in [4.78, 5) is 14.8. The maximum atomic E-state index is 12.9. The molecule has 1 aliphatic carbocycles. The second kappa shape index (κ2) is 9.33. The molecule has 1 saturated carbocycles. The third kappa shape index (κ3) is 5.17. The van der Waals surface area contributed by atoms with E-state index in [1.54, 1.807) is 12.1 Å². The number of ether oxygens (including phenoxy) is 1. The number of amides is 1. The highest BCUT2D eigenvalue weighted by Gasteiger charge is 2.33. The minimum absolute atomic E-state index is 0.113. The zero-order valence-corrected chi connectivity index (χ0v) is 15.3. The Labute approximate surface area is 155 Å². The van der Waals surface area contributed by atoms with Crippen molar-refractivity contribution >= 4 is 5.91 Å². The lowest BCUT2D eigenvalue weighted by Gasteiger charge is -2.33. The van der Waals surface area contributed by atoms with Crippen LogP contribution in [0.15, 0.2) is 24.3 Å². The molecule has 1 heterocycles. The Morgan fingerprint density at radius 1 is 1.19 bits per heavy atom. The van der Waals surface area contributed by atoms with Crippen molar-refractivity contribution in [1.29, 1.82) is 0 Å². The van der Waals surface area contributed by atoms with E-state index in [0.29, 0.717) is 24.8 Å². The first-order valence-corrected chi connectivity index (χ1v) is 9.77. The molecule has 0 spiro atoms. The predicted molar refractivity (Wildman–Crippen MR) is 99.4 cm³/mol. The Bertz CT molecular complexity index is 573. The molecular weight excluding hydrogens is 333 g/mol. The molecule has 3 N–H and O–H groups in total. The molecule has 3 rings (SSSR count). The minimum Gasteiger partial charge on any atom is -0.492 e. The Morgan fingerprint density at radius 2 is 1.92 bits per heavy atom. The molecule has 1 aromatic rings. The number of carbonyl (C=O) groups excluding carboxylic acids is 1. The van der Waals surface area contributed by atoms with Gasteiger partial charge in [-0.3, -0.25) is 9.69 Å². The van der Waals surface area contributed by atoms with Crippen LogP contribution in [0.5, 0.6) is 5.75 Å². The van der Waals surface area contributed by atoms with Crippen LogP contribution in [0.1, 0.15) is 32.1 Å². The van der Waals surface area contributed by atoms with Crippen molar-refractivity contribution < 1.29 is 13.9 Å². The summed E-state index contributed by atoms with van der Waals surface area (Å²) in [5.41, 5.74) is 5.79. The van der Waals surface area contributed by atoms with Crippen molar-refractivity contribution in [2.75, 3.05) is 32.8 Å². The predicted octanol–water partition coefficient (Wildman–Crippen LogP) is 2.16. The fourth-order valence-electron chi connectivity index (χ4n) is 4.10. The number of piperidine rings is 1. The van der Waals surface area contributed by atoms with Crippen LogP contribution in [-0.4, -0.2) is 49.6 Å². The zero-order valence-electron chi connectivity index (χ0n) is 15.3. The topological polar surface area (TPSA) is 67.6 Å². The summed E-state index contributed by atoms with van der Waals surface area (Å²) in [6.45, 7) is 3.97. The minimum atomic E-state index is -0.253. The molecule has 0 unspecified atom stereocenters. The number of halogens is 1. The van der Waals surface area contributed by atoms with Gasteiger partial charge in [-0.05, 0) is 62.4 Å². The molecule has 26 heavy (non-hydrogen) atoms. The van der Waals surface area contributed by atoms with Gasteiger partial charge in [-0.15, -0.1) is 0 Å². The van der Waals surface area contributed by atoms with Crippen LogP contribution in [0, 0.1) is 17.7 Å². The van der Waals surface area contributed by atoms with Crippen LogP contribution in [0.3, 0.4) is 0 Å². The molecule has 0 radical (unpaired) electrons. The van der Waals surface area contributed by atoms with Crippen LogP contribution >= 0.6 is 0 Å². The number of nitrogens with zero attached hydrogens (tertiary/aromatic N) is 1. The molecule has 6 heteroatoms. The van der Waals surface area contributed by atoms with Gasteiger partial charge in [0.1, 0.15) is 18.2 Å². The van der Waals surface area contributed by atoms with Gasteiger partial charge >= 0.3 is 0 Å². The van der Waals surface area contributed by atoms with Crippen LogP contribution in [0.2, 0.25) is 0 Å². The fourth-order valence-corrected chi connectivity index (χ4v) is 4.10. The van der Waals surface area contributed by atoms with E-state index in [1.807, 2.05) is 0 Å². The van der Waals surface area contributed by atoms with Crippen LogP contribution in [0.25, 0.3) is 0 Å². The Kier molecular flexibility index (Phi) is 6.86. The van der Waals surface area contributed by atoms with Gasteiger partial charge in [-0.1, -0.05) is 6.42 Å². The standard InChI is InChI=1S/C20H30FN3O2/c21-16-4-6-18(7-5-16)26-13-12-24-10-8-17(9-11-24)23-20(25)19-3-1-2-15(19)14-22/h4-7,15,17,19H,1-3,8-14,22H2,(H,23,25)/t15-,19-/m1/s1. The van der Waals surface area contributed by atoms with E-state index in [1.165, 1.54) is 12.1 Å². The average molecular weight is 363 g/mol. The van der Waals surface area contributed by atoms with Crippen molar-refractivity contribution in [1.82, 2.24) is 10.2 Å². The zero-order chi connectivity index (χ0) is 18.4. The molecule has 1 aliphatic heterocycles. The maximum absolute atomic E-state index is 12.9. The second-order valence-electron chi connectivity index (χ2n) is 7.46. The van der Waals surface area contributed by atoms with Gasteiger partial charge < -0.3 is 15.8 Å². The van der Waals surface area contributed by atoms with Crippen molar-refractivity contribution in [3.05, 3.63) is 30.1 Å². The molecule has 2 fully saturated rings. The molecule has 2 atom stereocenters. The van der Waals surface area contributed by atoms with Gasteiger partial charge in [0.05, 0.1) is 0 Å². The normalized spacial score (nSPS) is 24.5. The lowest BCUT2D eigenvalue weighted by Crippen LogP contribution is -2.47. The van der Waals surface area contributed by atoms with E-state index in [2.05, 4.69) is 10.2 Å². The molecule has 1 aromatic carbocycles. The Morgan fingerprint density at radius 3 is 2.62 bits per heavy atom. The average Bonchev–Trinajstić information content (AvgIpc) is 3.14. The number of carbonyl (C=O) groups is 1. The van der Waals surface area contributed by atoms with Crippen molar-refractivity contribution in [3.8, 4) is 5.75 Å². The lowest BCUT2D eigenvalue weighted by atomic mass is 9.94. The van der Waals surface area contributed by atoms with Gasteiger partial charge in [0.25, 0.3) is 0 Å². The molecule has 2 aliphatic rings. The van der Waals surface area contributed by atoms with Crippen molar-refractivity contribution in [2.45, 2.75) is 38.1 Å². The van der Waals surface area contributed by atoms with E-state index in [4.69, 9.17) is 10.5 Å². The quantitative estimate of drug-likeness (QED) is 0.779. The third-order valence-electron chi connectivity index (χ3n) is 5.72. The van der Waals surface area contributed by atoms with Gasteiger partial charge in [-0.25, -0.2) is 4.39 Å². The molecule has 0 bridgehead atoms. The number of benzene rings is 1. The maximum Gasteiger partial charge on any atom is 0.223 e. The fraction of sp³-hybridized carbons (Fsp3) is 0.650. The lowest BCUT2D eigenvalue weighted by molar-refractivity contribution is -0.127. The number of nitrogens with two attached hydrogens (primary N) is 1. The monoisotopic (exact) mass is 363 g/mol. The summed E-state index contributed by atoms with van der Waals surface area (Å²) in [5, 5.41) is 3.24. The number of hydrogen-bond acceptors (Lipinski definition) is 4. The molecule has 1 saturated heterocycles. The van der Waals surface area contributed by atoms with Crippen molar-refractivity contribution in [2.24, 2.45) is 17.6 Å². The first-order chi connectivity index (χ1) is 12.7. The van der Waals surface area contributed by atoms with Crippen LogP contribution in [-0.2, 0) is 4.79 Å². The van der Waals surface area contributed by atoms with Gasteiger partial charge in [0.15, 0.2) is 0 Å². The first-order valence-electron chi connectivity index (χ1n) is 9.77. The summed E-state index contributed by atoms with van der Waals surface area (Å²) in [5.74, 6) is 1.12. The summed E-state index contributed by atoms with van der Waals surface area (Å²) < 4.78 is 18.5. The van der Waals surface area contributed by atoms with Crippen LogP contribution in [0.4, 0.5) is 4.39 Å². The van der Waals surface area contributed by atoms with Crippen LogP contribution < -0.4 is 15.8 Å². The highest BCUT2D eigenvalue weighted by Crippen LogP contribution is 2.31. The van der Waals surface area contributed by atoms with Gasteiger partial charge in [0, 0.05) is 31.6 Å². The summed E-state index contributed by atoms with van der Waals surface area (Å²) in [7, 11) is 0. The number of hydrogen-bond donors (Lipinski definition) is 2. The number of likely N-dealkylation sites (tertiary alicyclic amines) is 1. The summed E-state index contributed by atoms with van der Waals surface area (Å²) in [6, 6.07) is 6.38. The SMILES string of the molecule is NC[C@H]1CCC[C@H]1C(=O)NC1CCN(CCOc2ccc(F)cc2)CC1. The largest absolute Gasteiger partial charge is 0.492 e. The smallest absolute Gasteiger partial charge is 0.223 e. The Hall–Kier alpha value is -1.66. The summed E-state index contributed by atoms with van der Waals surface area (Å²) in [6.07, 6.45) is 5.13. The van der Waals surface area contributed by atoms with E-state index >= 15 is 0 Å². The highest BCUT2D eigenvalue weighted by molar-refractivity contribution is 5.79. The Balaban J connectivity index is 1.33. The van der Waals surface area contributed by atoms with E-state index in [9.17, 15) is 9.18 Å². The first kappa shape index (κ1) is 19.1.